The molecule has 0 aliphatic heterocycles. The van der Waals surface area contributed by atoms with Crippen LogP contribution in [0.25, 0.3) is 0 Å². The summed E-state index contributed by atoms with van der Waals surface area (Å²) in [6, 6.07) is 7.24. The molecule has 12 nitrogen and oxygen atoms in total. The van der Waals surface area contributed by atoms with Crippen LogP contribution in [0.5, 0.6) is 0 Å². The number of nitrogen functional groups attached to an aromatic ring is 2. The molecule has 202 valence electrons. The van der Waals surface area contributed by atoms with E-state index in [1.54, 1.807) is 37.8 Å². The van der Waals surface area contributed by atoms with Gasteiger partial charge in [0.1, 0.15) is 22.9 Å². The third-order valence-electron chi connectivity index (χ3n) is 5.36. The van der Waals surface area contributed by atoms with Crippen molar-refractivity contribution in [2.75, 3.05) is 19.4 Å². The Labute approximate surface area is 215 Å². The number of carbonyl (C=O) groups is 3. The van der Waals surface area contributed by atoms with E-state index in [9.17, 15) is 19.2 Å². The summed E-state index contributed by atoms with van der Waals surface area (Å²) in [4.78, 5) is 53.1. The largest absolute Gasteiger partial charge is 0.469 e. The number of esters is 2. The molecule has 0 atom stereocenters. The number of methoxy groups -OCH3 is 1. The van der Waals surface area contributed by atoms with Gasteiger partial charge in [-0.25, -0.2) is 4.79 Å². The van der Waals surface area contributed by atoms with E-state index in [0.29, 0.717) is 6.42 Å². The first-order valence-electron chi connectivity index (χ1n) is 11.9. The van der Waals surface area contributed by atoms with Crippen molar-refractivity contribution in [3.05, 3.63) is 51.6 Å². The third-order valence-corrected chi connectivity index (χ3v) is 5.36. The van der Waals surface area contributed by atoms with Crippen LogP contribution in [0.1, 0.15) is 56.9 Å². The summed E-state index contributed by atoms with van der Waals surface area (Å²) >= 11 is 0. The van der Waals surface area contributed by atoms with Crippen LogP contribution in [0.4, 0.5) is 5.82 Å². The van der Waals surface area contributed by atoms with Crippen LogP contribution in [0.2, 0.25) is 0 Å². The highest BCUT2D eigenvalue weighted by Gasteiger charge is 2.21. The second-order valence-corrected chi connectivity index (χ2v) is 9.58. The van der Waals surface area contributed by atoms with Crippen LogP contribution in [-0.4, -0.2) is 57.4 Å². The number of anilines is 1. The lowest BCUT2D eigenvalue weighted by Crippen LogP contribution is -2.33. The first kappa shape index (κ1) is 29.1. The van der Waals surface area contributed by atoms with Crippen molar-refractivity contribution in [2.24, 2.45) is 5.73 Å². The Kier molecular flexibility index (Phi) is 10.0. The van der Waals surface area contributed by atoms with Crippen LogP contribution in [0.15, 0.2) is 29.1 Å². The number of nitrogens with one attached hydrogen (secondary N) is 2. The Hall–Kier alpha value is -4.09. The standard InChI is InChI=1S/C25H36N6O6/c1-25(2,3)37-19(33)10-9-18(32)30(15-17-8-5-7-16(13-17)14-20(34)36-4)11-6-12-31-23(28)21(22(26)27)29-24(31)35/h5,7-8,13H,6,9-12,14-15,28H2,1-4H3,(H3,26,27)(H,29,35). The maximum Gasteiger partial charge on any atom is 0.327 e. The second kappa shape index (κ2) is 12.7. The first-order valence-corrected chi connectivity index (χ1v) is 11.9. The minimum Gasteiger partial charge on any atom is -0.469 e. The number of hydrogen-bond acceptors (Lipinski definition) is 8. The van der Waals surface area contributed by atoms with E-state index in [4.69, 9.17) is 26.4 Å². The van der Waals surface area contributed by atoms with E-state index in [0.717, 1.165) is 11.1 Å². The number of amidine groups is 1. The SMILES string of the molecule is COC(=O)Cc1cccc(CN(CCCn2c(N)c(C(=N)N)[nH]c2=O)C(=O)CCC(=O)OC(C)(C)C)c1. The highest BCUT2D eigenvalue weighted by molar-refractivity contribution is 5.97. The van der Waals surface area contributed by atoms with Crippen LogP contribution in [-0.2, 0) is 43.4 Å². The summed E-state index contributed by atoms with van der Waals surface area (Å²) in [5.41, 5.74) is 11.8. The molecule has 12 heteroatoms. The smallest absolute Gasteiger partial charge is 0.327 e. The van der Waals surface area contributed by atoms with Gasteiger partial charge in [0, 0.05) is 26.1 Å². The number of rotatable bonds is 12. The van der Waals surface area contributed by atoms with E-state index in [1.165, 1.54) is 11.7 Å². The number of imidazole rings is 1. The molecule has 6 N–H and O–H groups in total. The van der Waals surface area contributed by atoms with Crippen molar-refractivity contribution in [1.29, 1.82) is 5.41 Å². The average Bonchev–Trinajstić information content (AvgIpc) is 3.09. The molecule has 37 heavy (non-hydrogen) atoms. The van der Waals surface area contributed by atoms with E-state index < -0.39 is 17.3 Å². The molecule has 0 aliphatic rings. The summed E-state index contributed by atoms with van der Waals surface area (Å²) in [6.45, 7) is 5.96. The molecule has 2 aromatic rings. The molecular weight excluding hydrogens is 480 g/mol. The van der Waals surface area contributed by atoms with Crippen molar-refractivity contribution in [1.82, 2.24) is 14.5 Å². The molecule has 0 saturated heterocycles. The average molecular weight is 517 g/mol. The van der Waals surface area contributed by atoms with Gasteiger partial charge in [-0.15, -0.1) is 0 Å². The van der Waals surface area contributed by atoms with Crippen molar-refractivity contribution >= 4 is 29.5 Å². The predicted octanol–water partition coefficient (Wildman–Crippen LogP) is 1.30. The number of nitrogens with two attached hydrogens (primary N) is 2. The highest BCUT2D eigenvalue weighted by Crippen LogP contribution is 2.14. The third kappa shape index (κ3) is 9.13. The van der Waals surface area contributed by atoms with Gasteiger partial charge in [0.15, 0.2) is 0 Å². The highest BCUT2D eigenvalue weighted by atomic mass is 16.6. The molecule has 1 amide bonds. The molecule has 1 heterocycles. The maximum atomic E-state index is 13.1. The quantitative estimate of drug-likeness (QED) is 0.184. The fourth-order valence-electron chi connectivity index (χ4n) is 3.68. The van der Waals surface area contributed by atoms with Gasteiger partial charge < -0.3 is 30.8 Å². The lowest BCUT2D eigenvalue weighted by atomic mass is 10.1. The summed E-state index contributed by atoms with van der Waals surface area (Å²) < 4.78 is 11.3. The second-order valence-electron chi connectivity index (χ2n) is 9.58. The fourth-order valence-corrected chi connectivity index (χ4v) is 3.68. The van der Waals surface area contributed by atoms with E-state index in [2.05, 4.69) is 4.98 Å². The number of nitrogens with zero attached hydrogens (tertiary/aromatic N) is 2. The molecule has 0 aliphatic carbocycles. The molecular formula is C25H36N6O6. The monoisotopic (exact) mass is 516 g/mol. The number of aromatic amines is 1. The van der Waals surface area contributed by atoms with Gasteiger partial charge in [-0.3, -0.25) is 24.4 Å². The van der Waals surface area contributed by atoms with Gasteiger partial charge in [0.25, 0.3) is 0 Å². The lowest BCUT2D eigenvalue weighted by molar-refractivity contribution is -0.156. The number of benzene rings is 1. The number of carbonyl (C=O) groups excluding carboxylic acids is 3. The Bertz CT molecular complexity index is 1190. The van der Waals surface area contributed by atoms with Crippen molar-refractivity contribution < 1.29 is 23.9 Å². The minimum atomic E-state index is -0.650. The first-order chi connectivity index (χ1) is 17.3. The lowest BCUT2D eigenvalue weighted by Gasteiger charge is -2.24. The molecule has 0 spiro atoms. The number of amides is 1. The Morgan fingerprint density at radius 1 is 1.14 bits per heavy atom. The summed E-state index contributed by atoms with van der Waals surface area (Å²) in [7, 11) is 1.32. The summed E-state index contributed by atoms with van der Waals surface area (Å²) in [5.74, 6) is -1.40. The molecule has 1 aromatic carbocycles. The van der Waals surface area contributed by atoms with E-state index >= 15 is 0 Å². The number of aromatic nitrogens is 2. The van der Waals surface area contributed by atoms with Gasteiger partial charge in [0.2, 0.25) is 5.91 Å². The fraction of sp³-hybridized carbons (Fsp3) is 0.480. The van der Waals surface area contributed by atoms with Crippen LogP contribution in [0.3, 0.4) is 0 Å². The van der Waals surface area contributed by atoms with Gasteiger partial charge >= 0.3 is 17.6 Å². The molecule has 0 saturated carbocycles. The zero-order valence-corrected chi connectivity index (χ0v) is 21.8. The van der Waals surface area contributed by atoms with E-state index in [1.807, 2.05) is 12.1 Å². The van der Waals surface area contributed by atoms with E-state index in [-0.39, 0.29) is 68.1 Å². The molecule has 0 unspecified atom stereocenters. The zero-order chi connectivity index (χ0) is 27.8. The molecule has 2 rings (SSSR count). The van der Waals surface area contributed by atoms with Gasteiger partial charge in [-0.05, 0) is 38.3 Å². The normalized spacial score (nSPS) is 11.1. The Balaban J connectivity index is 2.15. The van der Waals surface area contributed by atoms with Crippen LogP contribution < -0.4 is 17.2 Å². The van der Waals surface area contributed by atoms with Crippen LogP contribution in [0, 0.1) is 5.41 Å². The summed E-state index contributed by atoms with van der Waals surface area (Å²) in [5, 5.41) is 7.51. The number of ether oxygens (including phenoxy) is 2. The van der Waals surface area contributed by atoms with Gasteiger partial charge in [-0.2, -0.15) is 0 Å². The Morgan fingerprint density at radius 3 is 2.41 bits per heavy atom. The molecule has 0 bridgehead atoms. The maximum absolute atomic E-state index is 13.1. The Morgan fingerprint density at radius 2 is 1.81 bits per heavy atom. The van der Waals surface area contributed by atoms with Crippen molar-refractivity contribution in [2.45, 2.75) is 65.1 Å². The topological polar surface area (TPSA) is 187 Å². The molecule has 0 fully saturated rings. The van der Waals surface area contributed by atoms with Crippen molar-refractivity contribution in [3.63, 3.8) is 0 Å². The number of hydrogen-bond donors (Lipinski definition) is 4. The molecule has 0 radical (unpaired) electrons. The van der Waals surface area contributed by atoms with Gasteiger partial charge in [0.05, 0.1) is 20.0 Å². The molecule has 1 aromatic heterocycles. The zero-order valence-electron chi connectivity index (χ0n) is 21.8. The summed E-state index contributed by atoms with van der Waals surface area (Å²) in [6.07, 6.45) is 0.364. The minimum absolute atomic E-state index is 0.0442. The number of H-pyrrole nitrogens is 1. The predicted molar refractivity (Wildman–Crippen MR) is 138 cm³/mol. The van der Waals surface area contributed by atoms with Crippen LogP contribution >= 0.6 is 0 Å². The van der Waals surface area contributed by atoms with Gasteiger partial charge in [-0.1, -0.05) is 24.3 Å². The van der Waals surface area contributed by atoms with Crippen molar-refractivity contribution in [3.8, 4) is 0 Å².